The molecular weight excluding hydrogens is 370 g/mol. The summed E-state index contributed by atoms with van der Waals surface area (Å²) < 4.78 is 11.1. The van der Waals surface area contributed by atoms with Crippen LogP contribution in [0.4, 0.5) is 0 Å². The minimum Gasteiger partial charge on any atom is -0.493 e. The van der Waals surface area contributed by atoms with Gasteiger partial charge in [-0.25, -0.2) is 4.98 Å². The third-order valence-corrected chi connectivity index (χ3v) is 6.84. The van der Waals surface area contributed by atoms with Crippen molar-refractivity contribution in [2.24, 2.45) is 0 Å². The van der Waals surface area contributed by atoms with E-state index in [0.717, 1.165) is 47.7 Å². The Morgan fingerprint density at radius 1 is 1.11 bits per heavy atom. The van der Waals surface area contributed by atoms with Gasteiger partial charge in [0.15, 0.2) is 11.5 Å². The summed E-state index contributed by atoms with van der Waals surface area (Å²) in [5.74, 6) is 1.55. The highest BCUT2D eigenvalue weighted by atomic mass is 32.1. The van der Waals surface area contributed by atoms with E-state index < -0.39 is 0 Å². The summed E-state index contributed by atoms with van der Waals surface area (Å²) in [7, 11) is 1.68. The number of ether oxygens (including phenoxy) is 2. The fourth-order valence-electron chi connectivity index (χ4n) is 4.37. The van der Waals surface area contributed by atoms with Gasteiger partial charge in [-0.15, -0.1) is 11.3 Å². The number of hydrogen-bond acceptors (Lipinski definition) is 6. The van der Waals surface area contributed by atoms with Crippen LogP contribution >= 0.6 is 11.3 Å². The zero-order valence-corrected chi connectivity index (χ0v) is 17.8. The van der Waals surface area contributed by atoms with Gasteiger partial charge in [0.25, 0.3) is 0 Å². The van der Waals surface area contributed by atoms with Crippen LogP contribution in [0.1, 0.15) is 38.3 Å². The average Bonchev–Trinajstić information content (AvgIpc) is 3.41. The van der Waals surface area contributed by atoms with Crippen LogP contribution < -0.4 is 9.47 Å². The Morgan fingerprint density at radius 3 is 2.61 bits per heavy atom. The van der Waals surface area contributed by atoms with Crippen LogP contribution in [0.2, 0.25) is 0 Å². The lowest BCUT2D eigenvalue weighted by Crippen LogP contribution is -2.49. The number of aromatic nitrogens is 1. The Bertz CT molecular complexity index is 765. The van der Waals surface area contributed by atoms with E-state index in [2.05, 4.69) is 21.2 Å². The Balaban J connectivity index is 1.36. The molecule has 1 saturated carbocycles. The first-order chi connectivity index (χ1) is 13.8. The van der Waals surface area contributed by atoms with Crippen molar-refractivity contribution in [2.45, 2.75) is 45.2 Å². The van der Waals surface area contributed by atoms with Crippen molar-refractivity contribution in [3.63, 3.8) is 0 Å². The van der Waals surface area contributed by atoms with Crippen molar-refractivity contribution in [1.29, 1.82) is 0 Å². The van der Waals surface area contributed by atoms with Gasteiger partial charge < -0.3 is 9.47 Å². The molecule has 0 spiro atoms. The molecule has 0 bridgehead atoms. The molecule has 1 aliphatic carbocycles. The van der Waals surface area contributed by atoms with Gasteiger partial charge in [0.1, 0.15) is 5.01 Å². The normalized spacial score (nSPS) is 19.2. The molecule has 2 aliphatic rings. The van der Waals surface area contributed by atoms with E-state index in [4.69, 9.17) is 14.5 Å². The van der Waals surface area contributed by atoms with Crippen molar-refractivity contribution in [3.8, 4) is 22.1 Å². The molecule has 1 aromatic heterocycles. The van der Waals surface area contributed by atoms with E-state index in [1.807, 2.05) is 19.1 Å². The molecule has 0 amide bonds. The molecule has 6 heteroatoms. The van der Waals surface area contributed by atoms with Crippen LogP contribution in [0.5, 0.6) is 11.5 Å². The molecule has 152 valence electrons. The molecule has 2 fully saturated rings. The molecule has 0 unspecified atom stereocenters. The van der Waals surface area contributed by atoms with Crippen LogP contribution in [-0.4, -0.2) is 60.7 Å². The molecule has 0 N–H and O–H groups in total. The molecule has 0 radical (unpaired) electrons. The lowest BCUT2D eigenvalue weighted by molar-refractivity contribution is 0.0931. The molecule has 5 nitrogen and oxygen atoms in total. The molecule has 28 heavy (non-hydrogen) atoms. The largest absolute Gasteiger partial charge is 0.493 e. The van der Waals surface area contributed by atoms with E-state index in [0.29, 0.717) is 6.61 Å². The Labute approximate surface area is 172 Å². The highest BCUT2D eigenvalue weighted by Crippen LogP contribution is 2.34. The summed E-state index contributed by atoms with van der Waals surface area (Å²) >= 11 is 1.71. The molecule has 1 aliphatic heterocycles. The lowest BCUT2D eigenvalue weighted by Gasteiger charge is -2.37. The summed E-state index contributed by atoms with van der Waals surface area (Å²) in [6.07, 6.45) is 5.65. The van der Waals surface area contributed by atoms with Gasteiger partial charge in [-0.05, 0) is 38.0 Å². The molecule has 2 heterocycles. The molecule has 2 aromatic rings. The summed E-state index contributed by atoms with van der Waals surface area (Å²) in [5, 5.41) is 3.24. The second-order valence-corrected chi connectivity index (χ2v) is 8.55. The van der Waals surface area contributed by atoms with Gasteiger partial charge >= 0.3 is 0 Å². The lowest BCUT2D eigenvalue weighted by atomic mass is 10.2. The summed E-state index contributed by atoms with van der Waals surface area (Å²) in [6.45, 7) is 8.28. The Kier molecular flexibility index (Phi) is 6.50. The van der Waals surface area contributed by atoms with Gasteiger partial charge in [0, 0.05) is 49.7 Å². The highest BCUT2D eigenvalue weighted by Gasteiger charge is 2.26. The predicted octanol–water partition coefficient (Wildman–Crippen LogP) is 4.28. The first kappa shape index (κ1) is 19.7. The maximum Gasteiger partial charge on any atom is 0.161 e. The minimum atomic E-state index is 0.630. The van der Waals surface area contributed by atoms with Gasteiger partial charge in [0.05, 0.1) is 19.4 Å². The standard InChI is InChI=1S/C22H31N3O2S/c1-3-27-20-9-8-17(14-21(20)26-2)22-23-18(16-28-22)15-24-10-12-25(13-11-24)19-6-4-5-7-19/h8-9,14,16,19H,3-7,10-13,15H2,1-2H3. The number of methoxy groups -OCH3 is 1. The average molecular weight is 402 g/mol. The molecule has 4 rings (SSSR count). The second kappa shape index (κ2) is 9.25. The minimum absolute atomic E-state index is 0.630. The number of thiazole rings is 1. The van der Waals surface area contributed by atoms with Crippen LogP contribution in [0.25, 0.3) is 10.6 Å². The first-order valence-corrected chi connectivity index (χ1v) is 11.4. The van der Waals surface area contributed by atoms with E-state index in [-0.39, 0.29) is 0 Å². The zero-order chi connectivity index (χ0) is 19.3. The predicted molar refractivity (Wildman–Crippen MR) is 114 cm³/mol. The van der Waals surface area contributed by atoms with Crippen LogP contribution in [-0.2, 0) is 6.54 Å². The van der Waals surface area contributed by atoms with Gasteiger partial charge in [-0.3, -0.25) is 9.80 Å². The number of rotatable bonds is 7. The smallest absolute Gasteiger partial charge is 0.161 e. The van der Waals surface area contributed by atoms with Gasteiger partial charge in [0.2, 0.25) is 0 Å². The highest BCUT2D eigenvalue weighted by molar-refractivity contribution is 7.13. The Hall–Kier alpha value is -1.63. The van der Waals surface area contributed by atoms with E-state index in [1.165, 1.54) is 44.5 Å². The van der Waals surface area contributed by atoms with Crippen molar-refractivity contribution >= 4 is 11.3 Å². The third kappa shape index (κ3) is 4.50. The molecular formula is C22H31N3O2S. The maximum absolute atomic E-state index is 5.62. The molecule has 1 aromatic carbocycles. The van der Waals surface area contributed by atoms with Crippen LogP contribution in [0.15, 0.2) is 23.6 Å². The van der Waals surface area contributed by atoms with Crippen molar-refractivity contribution in [1.82, 2.24) is 14.8 Å². The van der Waals surface area contributed by atoms with Crippen molar-refractivity contribution < 1.29 is 9.47 Å². The number of piperazine rings is 1. The monoisotopic (exact) mass is 401 g/mol. The zero-order valence-electron chi connectivity index (χ0n) is 17.0. The fraction of sp³-hybridized carbons (Fsp3) is 0.591. The summed E-state index contributed by atoms with van der Waals surface area (Å²) in [4.78, 5) is 10.1. The number of benzene rings is 1. The summed E-state index contributed by atoms with van der Waals surface area (Å²) in [5.41, 5.74) is 2.25. The van der Waals surface area contributed by atoms with Crippen molar-refractivity contribution in [3.05, 3.63) is 29.3 Å². The molecule has 1 saturated heterocycles. The third-order valence-electron chi connectivity index (χ3n) is 5.90. The van der Waals surface area contributed by atoms with E-state index in [1.54, 1.807) is 18.4 Å². The van der Waals surface area contributed by atoms with Crippen LogP contribution in [0.3, 0.4) is 0 Å². The van der Waals surface area contributed by atoms with E-state index in [9.17, 15) is 0 Å². The second-order valence-electron chi connectivity index (χ2n) is 7.69. The van der Waals surface area contributed by atoms with Crippen LogP contribution in [0, 0.1) is 0 Å². The Morgan fingerprint density at radius 2 is 1.89 bits per heavy atom. The number of nitrogens with zero attached hydrogens (tertiary/aromatic N) is 3. The van der Waals surface area contributed by atoms with Crippen molar-refractivity contribution in [2.75, 3.05) is 39.9 Å². The van der Waals surface area contributed by atoms with E-state index >= 15 is 0 Å². The quantitative estimate of drug-likeness (QED) is 0.692. The summed E-state index contributed by atoms with van der Waals surface area (Å²) in [6, 6.07) is 6.91. The fourth-order valence-corrected chi connectivity index (χ4v) is 5.18. The topological polar surface area (TPSA) is 37.8 Å². The SMILES string of the molecule is CCOc1ccc(-c2nc(CN3CCN(C4CCCC4)CC3)cs2)cc1OC. The van der Waals surface area contributed by atoms with Gasteiger partial charge in [-0.2, -0.15) is 0 Å². The molecule has 0 atom stereocenters. The number of hydrogen-bond donors (Lipinski definition) is 0. The maximum atomic E-state index is 5.62. The van der Waals surface area contributed by atoms with Gasteiger partial charge in [-0.1, -0.05) is 12.8 Å². The first-order valence-electron chi connectivity index (χ1n) is 10.5.